The zero-order valence-electron chi connectivity index (χ0n) is 13.5. The number of hydrogen-bond acceptors (Lipinski definition) is 6. The quantitative estimate of drug-likeness (QED) is 0.676. The van der Waals surface area contributed by atoms with E-state index in [0.29, 0.717) is 23.6 Å². The largest absolute Gasteiger partial charge is 0.328 e. The summed E-state index contributed by atoms with van der Waals surface area (Å²) in [5.74, 6) is 0.577. The molecular formula is C15H17N5O3S2. The molecule has 2 aromatic heterocycles. The number of rotatable bonds is 6. The van der Waals surface area contributed by atoms with Crippen LogP contribution in [0.15, 0.2) is 34.7 Å². The van der Waals surface area contributed by atoms with Crippen molar-refractivity contribution in [2.45, 2.75) is 31.2 Å². The Kier molecular flexibility index (Phi) is 4.84. The fraction of sp³-hybridized carbons (Fsp3) is 0.267. The molecule has 0 saturated heterocycles. The van der Waals surface area contributed by atoms with Crippen LogP contribution in [0.4, 0.5) is 5.13 Å². The SMILES string of the molecule is CCn1c(CCC(=O)Nc2nccs2)nc2cc(S(N)(=O)=O)ccc21. The van der Waals surface area contributed by atoms with E-state index in [9.17, 15) is 13.2 Å². The Bertz CT molecular complexity index is 1010. The Labute approximate surface area is 148 Å². The van der Waals surface area contributed by atoms with Gasteiger partial charge in [-0.25, -0.2) is 23.5 Å². The third-order valence-electron chi connectivity index (χ3n) is 3.70. The van der Waals surface area contributed by atoms with Gasteiger partial charge in [0.2, 0.25) is 15.9 Å². The molecule has 0 aliphatic heterocycles. The van der Waals surface area contributed by atoms with Crippen LogP contribution in [0.5, 0.6) is 0 Å². The molecule has 0 atom stereocenters. The molecule has 3 aromatic rings. The maximum atomic E-state index is 12.0. The summed E-state index contributed by atoms with van der Waals surface area (Å²) in [7, 11) is -3.78. The lowest BCUT2D eigenvalue weighted by Gasteiger charge is -2.06. The number of carbonyl (C=O) groups excluding carboxylic acids is 1. The van der Waals surface area contributed by atoms with Crippen molar-refractivity contribution in [3.63, 3.8) is 0 Å². The van der Waals surface area contributed by atoms with Crippen LogP contribution >= 0.6 is 11.3 Å². The van der Waals surface area contributed by atoms with E-state index in [0.717, 1.165) is 11.3 Å². The van der Waals surface area contributed by atoms with E-state index < -0.39 is 10.0 Å². The number of nitrogens with zero attached hydrogens (tertiary/aromatic N) is 3. The molecule has 2 heterocycles. The second-order valence-electron chi connectivity index (χ2n) is 5.35. The van der Waals surface area contributed by atoms with Crippen molar-refractivity contribution in [1.82, 2.24) is 14.5 Å². The van der Waals surface area contributed by atoms with Crippen LogP contribution in [0, 0.1) is 0 Å². The van der Waals surface area contributed by atoms with Gasteiger partial charge in [-0.05, 0) is 25.1 Å². The minimum atomic E-state index is -3.78. The second kappa shape index (κ2) is 6.90. The zero-order valence-corrected chi connectivity index (χ0v) is 15.1. The van der Waals surface area contributed by atoms with Crippen molar-refractivity contribution < 1.29 is 13.2 Å². The Morgan fingerprint density at radius 2 is 2.20 bits per heavy atom. The van der Waals surface area contributed by atoms with Gasteiger partial charge in [-0.15, -0.1) is 11.3 Å². The molecule has 10 heteroatoms. The molecule has 0 unspecified atom stereocenters. The number of sulfonamides is 1. The van der Waals surface area contributed by atoms with Gasteiger partial charge in [-0.2, -0.15) is 0 Å². The molecule has 0 aliphatic carbocycles. The van der Waals surface area contributed by atoms with E-state index in [2.05, 4.69) is 15.3 Å². The van der Waals surface area contributed by atoms with E-state index in [1.807, 2.05) is 11.5 Å². The first-order valence-electron chi connectivity index (χ1n) is 7.60. The standard InChI is InChI=1S/C15H17N5O3S2/c1-2-20-12-4-3-10(25(16,22)23)9-11(12)18-13(20)5-6-14(21)19-15-17-7-8-24-15/h3-4,7-9H,2,5-6H2,1H3,(H2,16,22,23)(H,17,19,21). The third-order valence-corrected chi connectivity index (χ3v) is 5.30. The number of nitrogens with two attached hydrogens (primary N) is 1. The molecule has 25 heavy (non-hydrogen) atoms. The average Bonchev–Trinajstić information content (AvgIpc) is 3.18. The van der Waals surface area contributed by atoms with Gasteiger partial charge < -0.3 is 9.88 Å². The van der Waals surface area contributed by atoms with Crippen LogP contribution in [0.3, 0.4) is 0 Å². The van der Waals surface area contributed by atoms with E-state index in [1.54, 1.807) is 17.6 Å². The van der Waals surface area contributed by atoms with Crippen LogP contribution < -0.4 is 10.5 Å². The maximum absolute atomic E-state index is 12.0. The fourth-order valence-electron chi connectivity index (χ4n) is 2.57. The van der Waals surface area contributed by atoms with Gasteiger partial charge in [0.05, 0.1) is 15.9 Å². The van der Waals surface area contributed by atoms with Crippen LogP contribution in [-0.2, 0) is 27.8 Å². The lowest BCUT2D eigenvalue weighted by molar-refractivity contribution is -0.116. The van der Waals surface area contributed by atoms with Crippen molar-refractivity contribution in [3.05, 3.63) is 35.6 Å². The first-order valence-corrected chi connectivity index (χ1v) is 10.0. The molecule has 0 aliphatic rings. The molecule has 1 amide bonds. The zero-order chi connectivity index (χ0) is 18.0. The summed E-state index contributed by atoms with van der Waals surface area (Å²) in [6, 6.07) is 4.60. The number of aromatic nitrogens is 3. The summed E-state index contributed by atoms with van der Waals surface area (Å²) in [5, 5.41) is 10.2. The maximum Gasteiger partial charge on any atom is 0.238 e. The van der Waals surface area contributed by atoms with Gasteiger partial charge in [0, 0.05) is 31.0 Å². The average molecular weight is 379 g/mol. The Balaban J connectivity index is 1.82. The van der Waals surface area contributed by atoms with Gasteiger partial charge in [0.25, 0.3) is 0 Å². The lowest BCUT2D eigenvalue weighted by Crippen LogP contribution is -2.13. The predicted molar refractivity (Wildman–Crippen MR) is 95.8 cm³/mol. The van der Waals surface area contributed by atoms with E-state index >= 15 is 0 Å². The normalized spacial score (nSPS) is 11.8. The number of amides is 1. The summed E-state index contributed by atoms with van der Waals surface area (Å²) >= 11 is 1.36. The van der Waals surface area contributed by atoms with Gasteiger partial charge in [0.15, 0.2) is 5.13 Å². The number of nitrogens with one attached hydrogen (secondary N) is 1. The summed E-state index contributed by atoms with van der Waals surface area (Å²) in [4.78, 5) is 20.5. The Morgan fingerprint density at radius 1 is 1.40 bits per heavy atom. The van der Waals surface area contributed by atoms with Crippen LogP contribution in [-0.4, -0.2) is 28.9 Å². The third kappa shape index (κ3) is 3.86. The molecule has 0 fully saturated rings. The minimum Gasteiger partial charge on any atom is -0.328 e. The number of thiazole rings is 1. The number of anilines is 1. The van der Waals surface area contributed by atoms with Gasteiger partial charge in [0.1, 0.15) is 5.82 Å². The van der Waals surface area contributed by atoms with E-state index in [4.69, 9.17) is 5.14 Å². The molecule has 3 N–H and O–H groups in total. The molecule has 0 spiro atoms. The Morgan fingerprint density at radius 3 is 2.84 bits per heavy atom. The van der Waals surface area contributed by atoms with Crippen molar-refractivity contribution in [2.24, 2.45) is 5.14 Å². The number of benzene rings is 1. The number of hydrogen-bond donors (Lipinski definition) is 2. The Hall–Kier alpha value is -2.30. The van der Waals surface area contributed by atoms with E-state index in [1.165, 1.54) is 23.5 Å². The molecule has 1 aromatic carbocycles. The van der Waals surface area contributed by atoms with Crippen LogP contribution in [0.25, 0.3) is 11.0 Å². The highest BCUT2D eigenvalue weighted by Gasteiger charge is 2.15. The summed E-state index contributed by atoms with van der Waals surface area (Å²) < 4.78 is 24.9. The predicted octanol–water partition coefficient (Wildman–Crippen LogP) is 1.73. The lowest BCUT2D eigenvalue weighted by atomic mass is 10.3. The number of fused-ring (bicyclic) bond motifs is 1. The van der Waals surface area contributed by atoms with E-state index in [-0.39, 0.29) is 17.2 Å². The topological polar surface area (TPSA) is 120 Å². The number of carbonyl (C=O) groups is 1. The fourth-order valence-corrected chi connectivity index (χ4v) is 3.65. The minimum absolute atomic E-state index is 0.0221. The van der Waals surface area contributed by atoms with Gasteiger partial charge in [-0.3, -0.25) is 4.79 Å². The highest BCUT2D eigenvalue weighted by atomic mass is 32.2. The molecule has 8 nitrogen and oxygen atoms in total. The van der Waals surface area contributed by atoms with Crippen molar-refractivity contribution in [3.8, 4) is 0 Å². The molecule has 0 radical (unpaired) electrons. The van der Waals surface area contributed by atoms with Crippen LogP contribution in [0.1, 0.15) is 19.2 Å². The molecule has 132 valence electrons. The highest BCUT2D eigenvalue weighted by molar-refractivity contribution is 7.89. The van der Waals surface area contributed by atoms with Crippen molar-refractivity contribution >= 4 is 43.4 Å². The summed E-state index contributed by atoms with van der Waals surface area (Å²) in [5.41, 5.74) is 1.36. The van der Waals surface area contributed by atoms with Gasteiger partial charge >= 0.3 is 0 Å². The smallest absolute Gasteiger partial charge is 0.238 e. The monoisotopic (exact) mass is 379 g/mol. The van der Waals surface area contributed by atoms with Crippen molar-refractivity contribution in [1.29, 1.82) is 0 Å². The molecule has 0 bridgehead atoms. The second-order valence-corrected chi connectivity index (χ2v) is 7.81. The molecule has 3 rings (SSSR count). The summed E-state index contributed by atoms with van der Waals surface area (Å²) in [6.07, 6.45) is 2.31. The van der Waals surface area contributed by atoms with Crippen molar-refractivity contribution in [2.75, 3.05) is 5.32 Å². The summed E-state index contributed by atoms with van der Waals surface area (Å²) in [6.45, 7) is 2.63. The first kappa shape index (κ1) is 17.5. The molecule has 0 saturated carbocycles. The number of aryl methyl sites for hydroxylation is 2. The first-order chi connectivity index (χ1) is 11.9. The number of imidazole rings is 1. The van der Waals surface area contributed by atoms with Crippen LogP contribution in [0.2, 0.25) is 0 Å². The number of primary sulfonamides is 1. The van der Waals surface area contributed by atoms with Gasteiger partial charge in [-0.1, -0.05) is 0 Å². The molecular weight excluding hydrogens is 362 g/mol. The highest BCUT2D eigenvalue weighted by Crippen LogP contribution is 2.21.